The van der Waals surface area contributed by atoms with Gasteiger partial charge in [0.1, 0.15) is 5.82 Å². The molecule has 0 amide bonds. The number of hydrogen-bond acceptors (Lipinski definition) is 2. The predicted octanol–water partition coefficient (Wildman–Crippen LogP) is 3.31. The van der Waals surface area contributed by atoms with Crippen LogP contribution < -0.4 is 0 Å². The molecule has 1 N–H and O–H groups in total. The van der Waals surface area contributed by atoms with Crippen LogP contribution in [0.25, 0.3) is 0 Å². The molecule has 0 radical (unpaired) electrons. The van der Waals surface area contributed by atoms with E-state index in [0.717, 1.165) is 12.0 Å². The molecule has 1 aromatic rings. The third kappa shape index (κ3) is 5.15. The summed E-state index contributed by atoms with van der Waals surface area (Å²) in [6.07, 6.45) is 1.75. The first kappa shape index (κ1) is 14.6. The first-order valence-electron chi connectivity index (χ1n) is 5.67. The van der Waals surface area contributed by atoms with E-state index in [1.807, 2.05) is 6.92 Å². The normalized spacial score (nSPS) is 14.6. The molecule has 1 rings (SSSR count). The Morgan fingerprint density at radius 3 is 2.71 bits per heavy atom. The highest BCUT2D eigenvalue weighted by Gasteiger charge is 2.10. The summed E-state index contributed by atoms with van der Waals surface area (Å²) in [5.74, 6) is -0.275. The maximum atomic E-state index is 12.9. The van der Waals surface area contributed by atoms with Gasteiger partial charge < -0.3 is 9.84 Å². The number of aliphatic hydroxyl groups excluding tert-OH is 1. The highest BCUT2D eigenvalue weighted by atomic mass is 79.9. The maximum Gasteiger partial charge on any atom is 0.124 e. The van der Waals surface area contributed by atoms with Crippen LogP contribution in [0, 0.1) is 5.82 Å². The second-order valence-electron chi connectivity index (χ2n) is 4.22. The van der Waals surface area contributed by atoms with E-state index in [0.29, 0.717) is 17.3 Å². The van der Waals surface area contributed by atoms with Gasteiger partial charge in [0.2, 0.25) is 0 Å². The van der Waals surface area contributed by atoms with Gasteiger partial charge in [0.25, 0.3) is 0 Å². The van der Waals surface area contributed by atoms with Crippen molar-refractivity contribution in [3.05, 3.63) is 34.1 Å². The molecule has 2 atom stereocenters. The Hall–Kier alpha value is -0.450. The largest absolute Gasteiger partial charge is 0.393 e. The van der Waals surface area contributed by atoms with Gasteiger partial charge in [-0.15, -0.1) is 0 Å². The summed E-state index contributed by atoms with van der Waals surface area (Å²) in [7, 11) is 1.66. The first-order chi connectivity index (χ1) is 8.02. The first-order valence-corrected chi connectivity index (χ1v) is 6.47. The average Bonchev–Trinajstić information content (AvgIpc) is 2.29. The summed E-state index contributed by atoms with van der Waals surface area (Å²) in [6, 6.07) is 4.52. The zero-order chi connectivity index (χ0) is 12.8. The average molecular weight is 305 g/mol. The molecule has 0 heterocycles. The highest BCUT2D eigenvalue weighted by Crippen LogP contribution is 2.20. The van der Waals surface area contributed by atoms with Crippen LogP contribution in [-0.2, 0) is 11.2 Å². The summed E-state index contributed by atoms with van der Waals surface area (Å²) in [4.78, 5) is 0. The third-order valence-corrected chi connectivity index (χ3v) is 3.52. The second kappa shape index (κ2) is 7.09. The lowest BCUT2D eigenvalue weighted by Crippen LogP contribution is -2.15. The van der Waals surface area contributed by atoms with E-state index in [1.165, 1.54) is 12.1 Å². The van der Waals surface area contributed by atoms with Gasteiger partial charge in [0.05, 0.1) is 12.2 Å². The molecule has 96 valence electrons. The SMILES string of the molecule is COC(C)CCC(O)Cc1ccc(F)cc1Br. The minimum atomic E-state index is -0.422. The summed E-state index contributed by atoms with van der Waals surface area (Å²) in [5.41, 5.74) is 0.920. The zero-order valence-corrected chi connectivity index (χ0v) is 11.7. The van der Waals surface area contributed by atoms with Gasteiger partial charge in [-0.1, -0.05) is 22.0 Å². The molecule has 0 aliphatic heterocycles. The van der Waals surface area contributed by atoms with Crippen LogP contribution in [0.3, 0.4) is 0 Å². The lowest BCUT2D eigenvalue weighted by Gasteiger charge is -2.14. The monoisotopic (exact) mass is 304 g/mol. The number of methoxy groups -OCH3 is 1. The quantitative estimate of drug-likeness (QED) is 0.874. The Morgan fingerprint density at radius 1 is 1.41 bits per heavy atom. The fourth-order valence-corrected chi connectivity index (χ4v) is 2.10. The molecule has 0 spiro atoms. The number of halogens is 2. The Labute approximate surface area is 110 Å². The van der Waals surface area contributed by atoms with Crippen molar-refractivity contribution in [3.63, 3.8) is 0 Å². The number of benzene rings is 1. The van der Waals surface area contributed by atoms with Crippen molar-refractivity contribution < 1.29 is 14.2 Å². The number of ether oxygens (including phenoxy) is 1. The highest BCUT2D eigenvalue weighted by molar-refractivity contribution is 9.10. The van der Waals surface area contributed by atoms with Gasteiger partial charge >= 0.3 is 0 Å². The molecule has 17 heavy (non-hydrogen) atoms. The van der Waals surface area contributed by atoms with Crippen LogP contribution in [0.4, 0.5) is 4.39 Å². The van der Waals surface area contributed by atoms with Crippen LogP contribution in [0.5, 0.6) is 0 Å². The molecular formula is C13H18BrFO2. The third-order valence-electron chi connectivity index (χ3n) is 2.78. The van der Waals surface area contributed by atoms with E-state index in [-0.39, 0.29) is 11.9 Å². The van der Waals surface area contributed by atoms with Gasteiger partial charge in [-0.3, -0.25) is 0 Å². The predicted molar refractivity (Wildman–Crippen MR) is 69.5 cm³/mol. The fourth-order valence-electron chi connectivity index (χ4n) is 1.59. The Balaban J connectivity index is 2.47. The lowest BCUT2D eigenvalue weighted by molar-refractivity contribution is 0.0851. The molecule has 0 bridgehead atoms. The van der Waals surface area contributed by atoms with Crippen molar-refractivity contribution in [2.75, 3.05) is 7.11 Å². The molecule has 2 unspecified atom stereocenters. The van der Waals surface area contributed by atoms with Crippen LogP contribution in [0.2, 0.25) is 0 Å². The van der Waals surface area contributed by atoms with Crippen molar-refractivity contribution in [2.24, 2.45) is 0 Å². The number of aliphatic hydroxyl groups is 1. The van der Waals surface area contributed by atoms with E-state index in [4.69, 9.17) is 4.74 Å². The number of hydrogen-bond donors (Lipinski definition) is 1. The van der Waals surface area contributed by atoms with Gasteiger partial charge in [0, 0.05) is 11.6 Å². The molecule has 0 saturated heterocycles. The van der Waals surface area contributed by atoms with Crippen LogP contribution in [-0.4, -0.2) is 24.4 Å². The molecule has 0 fully saturated rings. The van der Waals surface area contributed by atoms with Crippen molar-refractivity contribution in [1.29, 1.82) is 0 Å². The molecule has 2 nitrogen and oxygen atoms in total. The van der Waals surface area contributed by atoms with Crippen molar-refractivity contribution in [1.82, 2.24) is 0 Å². The van der Waals surface area contributed by atoms with E-state index in [1.54, 1.807) is 13.2 Å². The second-order valence-corrected chi connectivity index (χ2v) is 5.07. The Morgan fingerprint density at radius 2 is 2.12 bits per heavy atom. The minimum Gasteiger partial charge on any atom is -0.393 e. The van der Waals surface area contributed by atoms with Crippen molar-refractivity contribution >= 4 is 15.9 Å². The molecule has 1 aromatic carbocycles. The molecule has 0 aliphatic rings. The summed E-state index contributed by atoms with van der Waals surface area (Å²) in [5, 5.41) is 9.87. The Bertz CT molecular complexity index is 357. The lowest BCUT2D eigenvalue weighted by atomic mass is 10.0. The van der Waals surface area contributed by atoms with Crippen LogP contribution in [0.15, 0.2) is 22.7 Å². The Kier molecular flexibility index (Phi) is 6.09. The fraction of sp³-hybridized carbons (Fsp3) is 0.538. The minimum absolute atomic E-state index is 0.154. The summed E-state index contributed by atoms with van der Waals surface area (Å²) >= 11 is 3.29. The van der Waals surface area contributed by atoms with E-state index >= 15 is 0 Å². The zero-order valence-electron chi connectivity index (χ0n) is 10.1. The van der Waals surface area contributed by atoms with Crippen molar-refractivity contribution in [3.8, 4) is 0 Å². The number of rotatable bonds is 6. The standard InChI is InChI=1S/C13H18BrFO2/c1-9(17-2)3-6-12(16)7-10-4-5-11(15)8-13(10)14/h4-5,8-9,12,16H,3,6-7H2,1-2H3. The van der Waals surface area contributed by atoms with E-state index in [2.05, 4.69) is 15.9 Å². The van der Waals surface area contributed by atoms with Crippen LogP contribution >= 0.6 is 15.9 Å². The van der Waals surface area contributed by atoms with Crippen LogP contribution in [0.1, 0.15) is 25.3 Å². The molecule has 0 aliphatic carbocycles. The summed E-state index contributed by atoms with van der Waals surface area (Å²) < 4.78 is 18.7. The molecule has 0 saturated carbocycles. The van der Waals surface area contributed by atoms with Crippen molar-refractivity contribution in [2.45, 2.75) is 38.4 Å². The molecule has 0 aromatic heterocycles. The topological polar surface area (TPSA) is 29.5 Å². The summed E-state index contributed by atoms with van der Waals surface area (Å²) in [6.45, 7) is 1.97. The smallest absolute Gasteiger partial charge is 0.124 e. The maximum absolute atomic E-state index is 12.9. The molecular weight excluding hydrogens is 287 g/mol. The molecule has 4 heteroatoms. The van der Waals surface area contributed by atoms with Gasteiger partial charge in [0.15, 0.2) is 0 Å². The van der Waals surface area contributed by atoms with E-state index in [9.17, 15) is 9.50 Å². The van der Waals surface area contributed by atoms with E-state index < -0.39 is 6.10 Å². The van der Waals surface area contributed by atoms with Gasteiger partial charge in [-0.2, -0.15) is 0 Å². The van der Waals surface area contributed by atoms with Gasteiger partial charge in [-0.05, 0) is 43.9 Å². The van der Waals surface area contributed by atoms with Gasteiger partial charge in [-0.25, -0.2) is 4.39 Å².